The van der Waals surface area contributed by atoms with Crippen molar-refractivity contribution in [1.82, 2.24) is 4.90 Å². The molecule has 0 unspecified atom stereocenters. The van der Waals surface area contributed by atoms with Gasteiger partial charge in [0.15, 0.2) is 0 Å². The molecule has 0 bridgehead atoms. The molecule has 3 nitrogen and oxygen atoms in total. The Hall–Kier alpha value is -0.590. The van der Waals surface area contributed by atoms with E-state index in [1.807, 2.05) is 0 Å². The maximum absolute atomic E-state index is 8.73. The molecule has 0 heterocycles. The Labute approximate surface area is 86.6 Å². The minimum atomic E-state index is 0.578. The third kappa shape index (κ3) is 3.65. The molecule has 0 amide bonds. The third-order valence-electron chi connectivity index (χ3n) is 2.91. The highest BCUT2D eigenvalue weighted by Crippen LogP contribution is 2.23. The summed E-state index contributed by atoms with van der Waals surface area (Å²) in [5.74, 6) is 0. The van der Waals surface area contributed by atoms with Gasteiger partial charge in [-0.05, 0) is 19.3 Å². The van der Waals surface area contributed by atoms with E-state index in [4.69, 9.17) is 10.00 Å². The number of nitrogens with zero attached hydrogens (tertiary/aromatic N) is 2. The molecule has 1 fully saturated rings. The van der Waals surface area contributed by atoms with Gasteiger partial charge >= 0.3 is 0 Å². The van der Waals surface area contributed by atoms with Crippen LogP contribution in [0.15, 0.2) is 0 Å². The van der Waals surface area contributed by atoms with Crippen LogP contribution in [0.1, 0.15) is 32.1 Å². The first-order valence-corrected chi connectivity index (χ1v) is 5.48. The topological polar surface area (TPSA) is 36.3 Å². The summed E-state index contributed by atoms with van der Waals surface area (Å²) >= 11 is 0. The first kappa shape index (κ1) is 11.5. The summed E-state index contributed by atoms with van der Waals surface area (Å²) in [5.41, 5.74) is 0. The lowest BCUT2D eigenvalue weighted by Crippen LogP contribution is -2.34. The number of rotatable bonds is 6. The normalized spacial score (nSPS) is 17.5. The Balaban J connectivity index is 2.26. The van der Waals surface area contributed by atoms with Crippen molar-refractivity contribution in [3.8, 4) is 6.07 Å². The molecular weight excluding hydrogens is 176 g/mol. The van der Waals surface area contributed by atoms with Crippen molar-refractivity contribution in [1.29, 1.82) is 5.26 Å². The minimum absolute atomic E-state index is 0.578. The molecule has 80 valence electrons. The zero-order valence-corrected chi connectivity index (χ0v) is 9.04. The van der Waals surface area contributed by atoms with Crippen LogP contribution >= 0.6 is 0 Å². The fourth-order valence-electron chi connectivity index (χ4n) is 2.16. The summed E-state index contributed by atoms with van der Waals surface area (Å²) in [6.45, 7) is 2.38. The molecule has 3 heteroatoms. The van der Waals surface area contributed by atoms with Gasteiger partial charge in [-0.25, -0.2) is 0 Å². The molecule has 1 rings (SSSR count). The van der Waals surface area contributed by atoms with Crippen LogP contribution in [0.25, 0.3) is 0 Å². The van der Waals surface area contributed by atoms with E-state index >= 15 is 0 Å². The number of hydrogen-bond donors (Lipinski definition) is 0. The first-order chi connectivity index (χ1) is 6.88. The van der Waals surface area contributed by atoms with Crippen LogP contribution < -0.4 is 0 Å². The van der Waals surface area contributed by atoms with Crippen LogP contribution in [0.3, 0.4) is 0 Å². The molecule has 0 spiro atoms. The van der Waals surface area contributed by atoms with Gasteiger partial charge in [0.2, 0.25) is 0 Å². The fraction of sp³-hybridized carbons (Fsp3) is 0.909. The van der Waals surface area contributed by atoms with Crippen LogP contribution in [0.4, 0.5) is 0 Å². The molecule has 1 saturated carbocycles. The van der Waals surface area contributed by atoms with Gasteiger partial charge in [0, 0.05) is 26.3 Å². The van der Waals surface area contributed by atoms with E-state index in [2.05, 4.69) is 11.0 Å². The van der Waals surface area contributed by atoms with Gasteiger partial charge in [-0.3, -0.25) is 4.90 Å². The maximum Gasteiger partial charge on any atom is 0.0868 e. The van der Waals surface area contributed by atoms with Crippen LogP contribution in [0, 0.1) is 11.3 Å². The average molecular weight is 196 g/mol. The number of hydrogen-bond acceptors (Lipinski definition) is 3. The highest BCUT2D eigenvalue weighted by molar-refractivity contribution is 4.84. The maximum atomic E-state index is 8.73. The van der Waals surface area contributed by atoms with Gasteiger partial charge in [-0.15, -0.1) is 0 Å². The van der Waals surface area contributed by atoms with Crippen molar-refractivity contribution in [2.45, 2.75) is 38.1 Å². The van der Waals surface area contributed by atoms with Gasteiger partial charge < -0.3 is 4.74 Å². The van der Waals surface area contributed by atoms with E-state index in [-0.39, 0.29) is 0 Å². The summed E-state index contributed by atoms with van der Waals surface area (Å²) in [6.07, 6.45) is 6.24. The Morgan fingerprint density at radius 2 is 2.14 bits per heavy atom. The molecular formula is C11H20N2O. The lowest BCUT2D eigenvalue weighted by Gasteiger charge is -2.25. The molecule has 0 aromatic carbocycles. The van der Waals surface area contributed by atoms with Crippen molar-refractivity contribution in [2.24, 2.45) is 0 Å². The zero-order chi connectivity index (χ0) is 10.2. The molecule has 1 aliphatic carbocycles. The first-order valence-electron chi connectivity index (χ1n) is 5.48. The van der Waals surface area contributed by atoms with Crippen molar-refractivity contribution >= 4 is 0 Å². The Bertz CT molecular complexity index is 182. The Morgan fingerprint density at radius 3 is 2.71 bits per heavy atom. The summed E-state index contributed by atoms with van der Waals surface area (Å²) in [4.78, 5) is 2.31. The van der Waals surface area contributed by atoms with Crippen LogP contribution in [-0.2, 0) is 4.74 Å². The second kappa shape index (κ2) is 6.80. The van der Waals surface area contributed by atoms with E-state index in [9.17, 15) is 0 Å². The summed E-state index contributed by atoms with van der Waals surface area (Å²) in [5, 5.41) is 8.73. The molecule has 0 atom stereocenters. The largest absolute Gasteiger partial charge is 0.385 e. The molecule has 0 aromatic heterocycles. The van der Waals surface area contributed by atoms with E-state index in [0.717, 1.165) is 19.6 Å². The van der Waals surface area contributed by atoms with Gasteiger partial charge in [0.05, 0.1) is 12.6 Å². The van der Waals surface area contributed by atoms with Gasteiger partial charge in [-0.1, -0.05) is 12.8 Å². The van der Waals surface area contributed by atoms with Crippen molar-refractivity contribution < 1.29 is 4.74 Å². The fourth-order valence-corrected chi connectivity index (χ4v) is 2.16. The Morgan fingerprint density at radius 1 is 1.43 bits per heavy atom. The smallest absolute Gasteiger partial charge is 0.0868 e. The lowest BCUT2D eigenvalue weighted by atomic mass is 10.2. The summed E-state index contributed by atoms with van der Waals surface area (Å²) < 4.78 is 5.02. The van der Waals surface area contributed by atoms with E-state index < -0.39 is 0 Å². The van der Waals surface area contributed by atoms with Gasteiger partial charge in [0.25, 0.3) is 0 Å². The third-order valence-corrected chi connectivity index (χ3v) is 2.91. The molecule has 1 aliphatic rings. The predicted molar refractivity (Wildman–Crippen MR) is 55.9 cm³/mol. The van der Waals surface area contributed by atoms with Crippen molar-refractivity contribution in [3.05, 3.63) is 0 Å². The van der Waals surface area contributed by atoms with E-state index in [1.54, 1.807) is 7.11 Å². The van der Waals surface area contributed by atoms with Crippen LogP contribution in [-0.4, -0.2) is 37.7 Å². The second-order valence-corrected chi connectivity index (χ2v) is 3.91. The number of nitriles is 1. The quantitative estimate of drug-likeness (QED) is 0.480. The highest BCUT2D eigenvalue weighted by atomic mass is 16.5. The van der Waals surface area contributed by atoms with Crippen LogP contribution in [0.5, 0.6) is 0 Å². The second-order valence-electron chi connectivity index (χ2n) is 3.91. The standard InChI is InChI=1S/C11H20N2O/c1-14-10-4-8-13(9-7-12)11-5-2-3-6-11/h11H,2-6,8-10H2,1H3. The molecule has 0 aromatic rings. The molecule has 0 aliphatic heterocycles. The summed E-state index contributed by atoms with van der Waals surface area (Å²) in [6, 6.07) is 2.92. The monoisotopic (exact) mass is 196 g/mol. The minimum Gasteiger partial charge on any atom is -0.385 e. The SMILES string of the molecule is COCCCN(CC#N)C1CCCC1. The predicted octanol–water partition coefficient (Wildman–Crippen LogP) is 1.79. The molecule has 0 radical (unpaired) electrons. The van der Waals surface area contributed by atoms with Crippen LogP contribution in [0.2, 0.25) is 0 Å². The average Bonchev–Trinajstić information content (AvgIpc) is 2.70. The number of methoxy groups -OCH3 is 1. The molecule has 0 N–H and O–H groups in total. The number of ether oxygens (including phenoxy) is 1. The zero-order valence-electron chi connectivity index (χ0n) is 9.04. The van der Waals surface area contributed by atoms with Gasteiger partial charge in [-0.2, -0.15) is 5.26 Å². The van der Waals surface area contributed by atoms with E-state index in [1.165, 1.54) is 25.7 Å². The Kier molecular flexibility index (Phi) is 5.58. The van der Waals surface area contributed by atoms with E-state index in [0.29, 0.717) is 12.6 Å². The highest BCUT2D eigenvalue weighted by Gasteiger charge is 2.21. The summed E-state index contributed by atoms with van der Waals surface area (Å²) in [7, 11) is 1.73. The molecule has 14 heavy (non-hydrogen) atoms. The van der Waals surface area contributed by atoms with Crippen molar-refractivity contribution in [2.75, 3.05) is 26.8 Å². The van der Waals surface area contributed by atoms with Crippen molar-refractivity contribution in [3.63, 3.8) is 0 Å². The lowest BCUT2D eigenvalue weighted by molar-refractivity contribution is 0.159. The molecule has 0 saturated heterocycles. The van der Waals surface area contributed by atoms with Gasteiger partial charge in [0.1, 0.15) is 0 Å².